The molecule has 1 aromatic rings. The van der Waals surface area contributed by atoms with Gasteiger partial charge in [0.15, 0.2) is 0 Å². The summed E-state index contributed by atoms with van der Waals surface area (Å²) in [5.41, 5.74) is 2.13. The number of ether oxygens (including phenoxy) is 1. The topological polar surface area (TPSA) is 41.6 Å². The fourth-order valence-electron chi connectivity index (χ4n) is 3.09. The van der Waals surface area contributed by atoms with Gasteiger partial charge in [0.25, 0.3) is 0 Å². The van der Waals surface area contributed by atoms with Gasteiger partial charge in [-0.25, -0.2) is 0 Å². The van der Waals surface area contributed by atoms with Crippen LogP contribution in [0.3, 0.4) is 0 Å². The molecular weight excluding hydrogens is 300 g/mol. The lowest BCUT2D eigenvalue weighted by molar-refractivity contribution is -0.118. The molecule has 0 saturated carbocycles. The Morgan fingerprint density at radius 2 is 2.00 bits per heavy atom. The zero-order valence-electron chi connectivity index (χ0n) is 15.5. The number of amides is 1. The smallest absolute Gasteiger partial charge is 0.244 e. The molecule has 1 amide bonds. The first kappa shape index (κ1) is 18.7. The summed E-state index contributed by atoms with van der Waals surface area (Å²) in [5, 5.41) is 3.03. The highest BCUT2D eigenvalue weighted by molar-refractivity contribution is 5.91. The third-order valence-electron chi connectivity index (χ3n) is 4.44. The third kappa shape index (κ3) is 5.46. The summed E-state index contributed by atoms with van der Waals surface area (Å²) in [7, 11) is 0. The van der Waals surface area contributed by atoms with Gasteiger partial charge in [0.05, 0.1) is 12.2 Å². The van der Waals surface area contributed by atoms with E-state index in [1.54, 1.807) is 6.08 Å². The summed E-state index contributed by atoms with van der Waals surface area (Å²) in [6, 6.07) is 8.10. The van der Waals surface area contributed by atoms with Gasteiger partial charge < -0.3 is 10.1 Å². The highest BCUT2D eigenvalue weighted by atomic mass is 16.5. The van der Waals surface area contributed by atoms with Gasteiger partial charge in [0.1, 0.15) is 0 Å². The van der Waals surface area contributed by atoms with E-state index in [9.17, 15) is 4.79 Å². The number of rotatable bonds is 5. The summed E-state index contributed by atoms with van der Waals surface area (Å²) in [6.07, 6.45) is 3.92. The first-order valence-corrected chi connectivity index (χ1v) is 8.69. The Bertz CT molecular complexity index is 585. The van der Waals surface area contributed by atoms with Crippen molar-refractivity contribution in [2.24, 2.45) is 0 Å². The van der Waals surface area contributed by atoms with Crippen LogP contribution in [-0.2, 0) is 9.53 Å². The molecule has 0 aromatic heterocycles. The predicted molar refractivity (Wildman–Crippen MR) is 98.9 cm³/mol. The molecule has 0 radical (unpaired) electrons. The number of carbonyl (C=O) groups is 1. The van der Waals surface area contributed by atoms with Gasteiger partial charge in [-0.15, -0.1) is 0 Å². The molecule has 1 fully saturated rings. The lowest BCUT2D eigenvalue weighted by Gasteiger charge is -2.45. The van der Waals surface area contributed by atoms with E-state index < -0.39 is 0 Å². The Balaban J connectivity index is 1.88. The van der Waals surface area contributed by atoms with E-state index >= 15 is 0 Å². The first-order valence-electron chi connectivity index (χ1n) is 8.69. The summed E-state index contributed by atoms with van der Waals surface area (Å²) in [4.78, 5) is 14.5. The molecule has 0 aliphatic carbocycles. The monoisotopic (exact) mass is 330 g/mol. The zero-order valence-corrected chi connectivity index (χ0v) is 15.5. The first-order chi connectivity index (χ1) is 11.3. The second kappa shape index (κ2) is 7.95. The number of nitrogens with one attached hydrogen (secondary N) is 1. The fraction of sp³-hybridized carbons (Fsp3) is 0.550. The second-order valence-corrected chi connectivity index (χ2v) is 7.44. The van der Waals surface area contributed by atoms with Gasteiger partial charge in [-0.2, -0.15) is 0 Å². The van der Waals surface area contributed by atoms with E-state index in [1.165, 1.54) is 5.56 Å². The molecule has 2 rings (SSSR count). The minimum Gasteiger partial charge on any atom is -0.373 e. The molecular formula is C20H30N2O2. The minimum absolute atomic E-state index is 0.0565. The molecule has 2 unspecified atom stereocenters. The lowest BCUT2D eigenvalue weighted by atomic mass is 10.00. The van der Waals surface area contributed by atoms with Crippen LogP contribution < -0.4 is 5.32 Å². The Hall–Kier alpha value is -1.65. The molecule has 132 valence electrons. The van der Waals surface area contributed by atoms with E-state index in [1.807, 2.05) is 31.2 Å². The maximum Gasteiger partial charge on any atom is 0.244 e. The van der Waals surface area contributed by atoms with Gasteiger partial charge in [-0.1, -0.05) is 29.8 Å². The molecule has 1 aliphatic rings. The van der Waals surface area contributed by atoms with Crippen molar-refractivity contribution in [3.8, 4) is 0 Å². The Morgan fingerprint density at radius 3 is 2.62 bits per heavy atom. The van der Waals surface area contributed by atoms with Crippen molar-refractivity contribution in [1.82, 2.24) is 10.2 Å². The van der Waals surface area contributed by atoms with Gasteiger partial charge in [-0.3, -0.25) is 9.69 Å². The van der Waals surface area contributed by atoms with Crippen LogP contribution >= 0.6 is 0 Å². The maximum atomic E-state index is 12.1. The van der Waals surface area contributed by atoms with Crippen molar-refractivity contribution in [1.29, 1.82) is 0 Å². The third-order valence-corrected chi connectivity index (χ3v) is 4.44. The van der Waals surface area contributed by atoms with E-state index in [-0.39, 0.29) is 23.7 Å². The van der Waals surface area contributed by atoms with E-state index in [2.05, 4.69) is 44.0 Å². The number of carbonyl (C=O) groups excluding carboxylic acids is 1. The van der Waals surface area contributed by atoms with Crippen molar-refractivity contribution in [3.63, 3.8) is 0 Å². The van der Waals surface area contributed by atoms with Gasteiger partial charge in [0, 0.05) is 31.2 Å². The zero-order chi connectivity index (χ0) is 17.7. The Morgan fingerprint density at radius 1 is 1.33 bits per heavy atom. The molecule has 4 nitrogen and oxygen atoms in total. The minimum atomic E-state index is -0.0981. The maximum absolute atomic E-state index is 12.1. The van der Waals surface area contributed by atoms with E-state index in [4.69, 9.17) is 4.74 Å². The van der Waals surface area contributed by atoms with Gasteiger partial charge >= 0.3 is 0 Å². The van der Waals surface area contributed by atoms with Crippen LogP contribution in [0.15, 0.2) is 30.3 Å². The molecule has 1 aromatic carbocycles. The molecule has 0 bridgehead atoms. The van der Waals surface area contributed by atoms with Gasteiger partial charge in [-0.05, 0) is 46.3 Å². The number of morpholine rings is 1. The molecule has 0 spiro atoms. The van der Waals surface area contributed by atoms with Crippen molar-refractivity contribution >= 4 is 12.0 Å². The molecule has 2 atom stereocenters. The number of nitrogens with zero attached hydrogens (tertiary/aromatic N) is 1. The Labute approximate surface area is 145 Å². The number of hydrogen-bond donors (Lipinski definition) is 1. The van der Waals surface area contributed by atoms with Gasteiger partial charge in [0.2, 0.25) is 5.91 Å². The SMILES string of the molecule is Cc1cccc(C=CC(=O)NCC(C)(C)N2CC(C)OC(C)C2)c1. The van der Waals surface area contributed by atoms with Crippen LogP contribution in [-0.4, -0.2) is 48.2 Å². The Kier molecular flexibility index (Phi) is 6.19. The summed E-state index contributed by atoms with van der Waals surface area (Å²) in [6.45, 7) is 13.0. The van der Waals surface area contributed by atoms with E-state index in [0.29, 0.717) is 6.54 Å². The highest BCUT2D eigenvalue weighted by Gasteiger charge is 2.33. The van der Waals surface area contributed by atoms with Crippen LogP contribution in [0.4, 0.5) is 0 Å². The molecule has 1 N–H and O–H groups in total. The normalized spacial score (nSPS) is 22.7. The summed E-state index contributed by atoms with van der Waals surface area (Å²) < 4.78 is 5.79. The average molecular weight is 330 g/mol. The van der Waals surface area contributed by atoms with Crippen LogP contribution in [0, 0.1) is 6.92 Å². The summed E-state index contributed by atoms with van der Waals surface area (Å²) >= 11 is 0. The van der Waals surface area contributed by atoms with Crippen molar-refractivity contribution < 1.29 is 9.53 Å². The van der Waals surface area contributed by atoms with Crippen molar-refractivity contribution in [2.75, 3.05) is 19.6 Å². The molecule has 1 saturated heterocycles. The second-order valence-electron chi connectivity index (χ2n) is 7.44. The number of hydrogen-bond acceptors (Lipinski definition) is 3. The largest absolute Gasteiger partial charge is 0.373 e. The van der Waals surface area contributed by atoms with Crippen molar-refractivity contribution in [3.05, 3.63) is 41.5 Å². The van der Waals surface area contributed by atoms with Crippen LogP contribution in [0.5, 0.6) is 0 Å². The van der Waals surface area contributed by atoms with Crippen LogP contribution in [0.2, 0.25) is 0 Å². The molecule has 24 heavy (non-hydrogen) atoms. The lowest BCUT2D eigenvalue weighted by Crippen LogP contribution is -2.58. The fourth-order valence-corrected chi connectivity index (χ4v) is 3.09. The van der Waals surface area contributed by atoms with Crippen LogP contribution in [0.25, 0.3) is 6.08 Å². The van der Waals surface area contributed by atoms with Crippen molar-refractivity contribution in [2.45, 2.75) is 52.4 Å². The number of aryl methyl sites for hydroxylation is 1. The van der Waals surface area contributed by atoms with E-state index in [0.717, 1.165) is 18.7 Å². The molecule has 4 heteroatoms. The number of benzene rings is 1. The molecule has 1 heterocycles. The predicted octanol–water partition coefficient (Wildman–Crippen LogP) is 3.01. The standard InChI is InChI=1S/C20H30N2O2/c1-15-7-6-8-18(11-15)9-10-19(23)21-14-20(4,5)22-12-16(2)24-17(3)13-22/h6-11,16-17H,12-14H2,1-5H3,(H,21,23). The molecule has 1 aliphatic heterocycles. The summed E-state index contributed by atoms with van der Waals surface area (Å²) in [5.74, 6) is -0.0565. The quantitative estimate of drug-likeness (QED) is 0.844. The van der Waals surface area contributed by atoms with Crippen LogP contribution in [0.1, 0.15) is 38.8 Å². The highest BCUT2D eigenvalue weighted by Crippen LogP contribution is 2.20. The average Bonchev–Trinajstić information content (AvgIpc) is 2.50.